The first-order valence-corrected chi connectivity index (χ1v) is 9.53. The third-order valence-corrected chi connectivity index (χ3v) is 4.68. The number of ether oxygens (including phenoxy) is 1. The van der Waals surface area contributed by atoms with Gasteiger partial charge in [0.05, 0.1) is 18.4 Å². The maximum Gasteiger partial charge on any atom is 0.337 e. The Labute approximate surface area is 167 Å². The zero-order valence-electron chi connectivity index (χ0n) is 14.1. The van der Waals surface area contributed by atoms with Gasteiger partial charge < -0.3 is 14.5 Å². The molecule has 0 aliphatic carbocycles. The third kappa shape index (κ3) is 5.18. The van der Waals surface area contributed by atoms with E-state index in [2.05, 4.69) is 36.2 Å². The Bertz CT molecular complexity index is 977. The summed E-state index contributed by atoms with van der Waals surface area (Å²) < 4.78 is 11.1. The molecule has 1 aromatic heterocycles. The normalized spacial score (nSPS) is 10.4. The second kappa shape index (κ2) is 8.83. The molecule has 0 unspecified atom stereocenters. The number of esters is 1. The number of halogens is 1. The van der Waals surface area contributed by atoms with Crippen LogP contribution in [0.15, 0.2) is 62.6 Å². The fraction of sp³-hybridized carbons (Fsp3) is 0.111. The number of thioether (sulfide) groups is 1. The molecule has 0 bridgehead atoms. The van der Waals surface area contributed by atoms with Crippen LogP contribution < -0.4 is 5.32 Å². The molecule has 0 aliphatic heterocycles. The number of hydrogen-bond donors (Lipinski definition) is 1. The molecule has 0 aliphatic rings. The Morgan fingerprint density at radius 3 is 2.78 bits per heavy atom. The average molecular weight is 448 g/mol. The minimum absolute atomic E-state index is 0.0859. The van der Waals surface area contributed by atoms with Crippen LogP contribution in [0.3, 0.4) is 0 Å². The first-order valence-electron chi connectivity index (χ1n) is 7.75. The molecule has 0 saturated carbocycles. The summed E-state index contributed by atoms with van der Waals surface area (Å²) in [7, 11) is 1.30. The minimum Gasteiger partial charge on any atom is -0.465 e. The van der Waals surface area contributed by atoms with Crippen molar-refractivity contribution in [2.45, 2.75) is 5.22 Å². The van der Waals surface area contributed by atoms with Gasteiger partial charge in [-0.15, -0.1) is 10.2 Å². The van der Waals surface area contributed by atoms with E-state index in [9.17, 15) is 9.59 Å². The molecule has 0 radical (unpaired) electrons. The van der Waals surface area contributed by atoms with Crippen molar-refractivity contribution in [1.29, 1.82) is 0 Å². The molecule has 0 saturated heterocycles. The van der Waals surface area contributed by atoms with Gasteiger partial charge in [0.2, 0.25) is 11.8 Å². The number of rotatable bonds is 6. The van der Waals surface area contributed by atoms with Crippen LogP contribution in [0.25, 0.3) is 11.5 Å². The molecule has 1 amide bonds. The summed E-state index contributed by atoms with van der Waals surface area (Å²) in [4.78, 5) is 23.6. The lowest BCUT2D eigenvalue weighted by Crippen LogP contribution is -2.14. The third-order valence-electron chi connectivity index (χ3n) is 3.37. The predicted molar refractivity (Wildman–Crippen MR) is 105 cm³/mol. The quantitative estimate of drug-likeness (QED) is 0.450. The standard InChI is InChI=1S/C18H14BrN3O4S/c1-25-17(24)12-5-3-7-14(9-12)20-15(23)10-27-18-22-21-16(26-18)11-4-2-6-13(19)8-11/h2-9H,10H2,1H3,(H,20,23). The SMILES string of the molecule is COC(=O)c1cccc(NC(=O)CSc2nnc(-c3cccc(Br)c3)o2)c1. The number of aromatic nitrogens is 2. The topological polar surface area (TPSA) is 94.3 Å². The highest BCUT2D eigenvalue weighted by atomic mass is 79.9. The number of hydrogen-bond acceptors (Lipinski definition) is 7. The average Bonchev–Trinajstić information content (AvgIpc) is 3.15. The summed E-state index contributed by atoms with van der Waals surface area (Å²) in [5.74, 6) is -0.261. The molecule has 9 heteroatoms. The summed E-state index contributed by atoms with van der Waals surface area (Å²) >= 11 is 4.52. The zero-order valence-corrected chi connectivity index (χ0v) is 16.5. The van der Waals surface area contributed by atoms with Crippen LogP contribution >= 0.6 is 27.7 Å². The smallest absolute Gasteiger partial charge is 0.337 e. The van der Waals surface area contributed by atoms with Crippen molar-refractivity contribution < 1.29 is 18.7 Å². The van der Waals surface area contributed by atoms with Crippen LogP contribution in [0, 0.1) is 0 Å². The molecule has 0 spiro atoms. The minimum atomic E-state index is -0.466. The van der Waals surface area contributed by atoms with Crippen molar-refractivity contribution in [2.24, 2.45) is 0 Å². The van der Waals surface area contributed by atoms with Crippen molar-refractivity contribution in [3.63, 3.8) is 0 Å². The molecule has 3 rings (SSSR count). The van der Waals surface area contributed by atoms with Crippen LogP contribution in [-0.2, 0) is 9.53 Å². The highest BCUT2D eigenvalue weighted by molar-refractivity contribution is 9.10. The molecule has 1 N–H and O–H groups in total. The van der Waals surface area contributed by atoms with Gasteiger partial charge in [-0.25, -0.2) is 4.79 Å². The molecular weight excluding hydrogens is 434 g/mol. The van der Waals surface area contributed by atoms with Gasteiger partial charge in [0.15, 0.2) is 0 Å². The Morgan fingerprint density at radius 1 is 1.19 bits per heavy atom. The lowest BCUT2D eigenvalue weighted by molar-refractivity contribution is -0.113. The summed E-state index contributed by atoms with van der Waals surface area (Å²) in [6.45, 7) is 0. The van der Waals surface area contributed by atoms with Gasteiger partial charge in [-0.05, 0) is 36.4 Å². The van der Waals surface area contributed by atoms with Crippen molar-refractivity contribution in [3.05, 3.63) is 58.6 Å². The molecule has 3 aromatic rings. The van der Waals surface area contributed by atoms with Gasteiger partial charge >= 0.3 is 5.97 Å². The van der Waals surface area contributed by atoms with Crippen LogP contribution in [-0.4, -0.2) is 34.9 Å². The van der Waals surface area contributed by atoms with Crippen molar-refractivity contribution in [1.82, 2.24) is 10.2 Å². The highest BCUT2D eigenvalue weighted by Gasteiger charge is 2.12. The first kappa shape index (κ1) is 19.1. The fourth-order valence-corrected chi connectivity index (χ4v) is 3.13. The van der Waals surface area contributed by atoms with Gasteiger partial charge in [-0.3, -0.25) is 4.79 Å². The maximum atomic E-state index is 12.1. The van der Waals surface area contributed by atoms with Crippen LogP contribution in [0.1, 0.15) is 10.4 Å². The molecule has 27 heavy (non-hydrogen) atoms. The van der Waals surface area contributed by atoms with Gasteiger partial charge in [-0.1, -0.05) is 39.8 Å². The number of carbonyl (C=O) groups excluding carboxylic acids is 2. The van der Waals surface area contributed by atoms with E-state index in [0.29, 0.717) is 22.4 Å². The molecule has 7 nitrogen and oxygen atoms in total. The number of amides is 1. The Hall–Kier alpha value is -2.65. The lowest BCUT2D eigenvalue weighted by atomic mass is 10.2. The van der Waals surface area contributed by atoms with Gasteiger partial charge in [0.1, 0.15) is 0 Å². The van der Waals surface area contributed by atoms with Gasteiger partial charge in [0, 0.05) is 15.7 Å². The lowest BCUT2D eigenvalue weighted by Gasteiger charge is -2.05. The Balaban J connectivity index is 1.58. The number of methoxy groups -OCH3 is 1. The zero-order chi connectivity index (χ0) is 19.2. The second-order valence-electron chi connectivity index (χ2n) is 5.29. The number of benzene rings is 2. The van der Waals surface area contributed by atoms with Crippen molar-refractivity contribution in [3.8, 4) is 11.5 Å². The van der Waals surface area contributed by atoms with Gasteiger partial charge in [0.25, 0.3) is 5.22 Å². The molecule has 0 atom stereocenters. The number of nitrogens with zero attached hydrogens (tertiary/aromatic N) is 2. The number of nitrogens with one attached hydrogen (secondary N) is 1. The van der Waals surface area contributed by atoms with Crippen LogP contribution in [0.2, 0.25) is 0 Å². The summed E-state index contributed by atoms with van der Waals surface area (Å²) in [6, 6.07) is 14.0. The monoisotopic (exact) mass is 447 g/mol. The van der Waals surface area contributed by atoms with E-state index >= 15 is 0 Å². The number of anilines is 1. The summed E-state index contributed by atoms with van der Waals surface area (Å²) in [5.41, 5.74) is 1.65. The van der Waals surface area contributed by atoms with E-state index in [-0.39, 0.29) is 11.7 Å². The molecule has 138 valence electrons. The summed E-state index contributed by atoms with van der Waals surface area (Å²) in [6.07, 6.45) is 0. The predicted octanol–water partition coefficient (Wildman–Crippen LogP) is 4.02. The Morgan fingerprint density at radius 2 is 2.00 bits per heavy atom. The highest BCUT2D eigenvalue weighted by Crippen LogP contribution is 2.25. The largest absolute Gasteiger partial charge is 0.465 e. The molecule has 2 aromatic carbocycles. The van der Waals surface area contributed by atoms with E-state index < -0.39 is 5.97 Å². The number of carbonyl (C=O) groups is 2. The second-order valence-corrected chi connectivity index (χ2v) is 7.13. The Kier molecular flexibility index (Phi) is 6.25. The van der Waals surface area contributed by atoms with E-state index in [1.165, 1.54) is 7.11 Å². The maximum absolute atomic E-state index is 12.1. The van der Waals surface area contributed by atoms with E-state index in [0.717, 1.165) is 21.8 Å². The van der Waals surface area contributed by atoms with Crippen LogP contribution in [0.5, 0.6) is 0 Å². The fourth-order valence-electron chi connectivity index (χ4n) is 2.17. The van der Waals surface area contributed by atoms with Crippen molar-refractivity contribution >= 4 is 45.3 Å². The van der Waals surface area contributed by atoms with Crippen molar-refractivity contribution in [2.75, 3.05) is 18.2 Å². The van der Waals surface area contributed by atoms with E-state index in [1.807, 2.05) is 24.3 Å². The molecule has 0 fully saturated rings. The van der Waals surface area contributed by atoms with Crippen LogP contribution in [0.4, 0.5) is 5.69 Å². The summed E-state index contributed by atoms with van der Waals surface area (Å²) in [5, 5.41) is 10.9. The van der Waals surface area contributed by atoms with E-state index in [1.54, 1.807) is 24.3 Å². The molecule has 1 heterocycles. The van der Waals surface area contributed by atoms with E-state index in [4.69, 9.17) is 4.42 Å². The molecular formula is C18H14BrN3O4S. The van der Waals surface area contributed by atoms with Gasteiger partial charge in [-0.2, -0.15) is 0 Å². The first-order chi connectivity index (χ1) is 13.0.